The Kier molecular flexibility index (Phi) is 4.74. The van der Waals surface area contributed by atoms with E-state index < -0.39 is 10.0 Å². The molecule has 0 bridgehead atoms. The number of nitrogens with one attached hydrogen (secondary N) is 1. The van der Waals surface area contributed by atoms with Crippen LogP contribution in [0.4, 0.5) is 0 Å². The van der Waals surface area contributed by atoms with Gasteiger partial charge in [0.25, 0.3) is 0 Å². The second-order valence-corrected chi connectivity index (χ2v) is 7.31. The molecule has 1 aromatic carbocycles. The van der Waals surface area contributed by atoms with Crippen LogP contribution in [0, 0.1) is 6.92 Å². The molecule has 0 aliphatic heterocycles. The summed E-state index contributed by atoms with van der Waals surface area (Å²) < 4.78 is 26.5. The number of rotatable bonds is 6. The van der Waals surface area contributed by atoms with Crippen LogP contribution in [0.15, 0.2) is 41.8 Å². The Morgan fingerprint density at radius 3 is 2.53 bits per heavy atom. The van der Waals surface area contributed by atoms with Crippen LogP contribution in [-0.2, 0) is 22.2 Å². The number of sulfonamides is 1. The van der Waals surface area contributed by atoms with Gasteiger partial charge in [0.2, 0.25) is 10.0 Å². The summed E-state index contributed by atoms with van der Waals surface area (Å²) in [7, 11) is -3.25. The maximum absolute atomic E-state index is 11.9. The molecule has 0 fully saturated rings. The zero-order chi connectivity index (χ0) is 13.7. The van der Waals surface area contributed by atoms with Crippen LogP contribution in [0.2, 0.25) is 0 Å². The number of benzene rings is 1. The predicted octanol–water partition coefficient (Wildman–Crippen LogP) is 2.72. The summed E-state index contributed by atoms with van der Waals surface area (Å²) in [6.45, 7) is 2.44. The van der Waals surface area contributed by atoms with Crippen molar-refractivity contribution in [3.63, 3.8) is 0 Å². The van der Waals surface area contributed by atoms with Gasteiger partial charge in [0.15, 0.2) is 0 Å². The maximum atomic E-state index is 11.9. The fraction of sp³-hybridized carbons (Fsp3) is 0.286. The van der Waals surface area contributed by atoms with E-state index >= 15 is 0 Å². The van der Waals surface area contributed by atoms with Crippen LogP contribution in [-0.4, -0.2) is 15.0 Å². The van der Waals surface area contributed by atoms with Crippen molar-refractivity contribution in [1.82, 2.24) is 4.72 Å². The fourth-order valence-corrected chi connectivity index (χ4v) is 3.59. The smallest absolute Gasteiger partial charge is 0.215 e. The predicted molar refractivity (Wildman–Crippen MR) is 79.8 cm³/mol. The zero-order valence-electron chi connectivity index (χ0n) is 10.8. The molecule has 0 saturated carbocycles. The van der Waals surface area contributed by atoms with Crippen LogP contribution in [0.5, 0.6) is 0 Å². The highest BCUT2D eigenvalue weighted by atomic mass is 32.2. The normalized spacial score (nSPS) is 11.6. The first kappa shape index (κ1) is 14.2. The average Bonchev–Trinajstić information content (AvgIpc) is 2.85. The van der Waals surface area contributed by atoms with Crippen molar-refractivity contribution in [2.45, 2.75) is 19.1 Å². The van der Waals surface area contributed by atoms with E-state index in [1.54, 1.807) is 11.3 Å². The first-order valence-corrected chi connectivity index (χ1v) is 8.64. The topological polar surface area (TPSA) is 46.2 Å². The SMILES string of the molecule is Cc1ccc(CS(=O)(=O)NCCc2cccs2)cc1. The average molecular weight is 295 g/mol. The maximum Gasteiger partial charge on any atom is 0.215 e. The van der Waals surface area contributed by atoms with Gasteiger partial charge >= 0.3 is 0 Å². The van der Waals surface area contributed by atoms with Gasteiger partial charge in [-0.25, -0.2) is 13.1 Å². The Balaban J connectivity index is 1.86. The first-order valence-electron chi connectivity index (χ1n) is 6.10. The molecular formula is C14H17NO2S2. The van der Waals surface area contributed by atoms with Gasteiger partial charge in [-0.3, -0.25) is 0 Å². The van der Waals surface area contributed by atoms with Crippen LogP contribution < -0.4 is 4.72 Å². The third kappa shape index (κ3) is 4.78. The van der Waals surface area contributed by atoms with Gasteiger partial charge < -0.3 is 0 Å². The Hall–Kier alpha value is -1.17. The van der Waals surface area contributed by atoms with E-state index in [1.165, 1.54) is 4.88 Å². The molecule has 5 heteroatoms. The summed E-state index contributed by atoms with van der Waals surface area (Å²) in [6.07, 6.45) is 0.741. The minimum absolute atomic E-state index is 0.0394. The van der Waals surface area contributed by atoms with Gasteiger partial charge in [-0.1, -0.05) is 35.9 Å². The quantitative estimate of drug-likeness (QED) is 0.890. The van der Waals surface area contributed by atoms with Gasteiger partial charge in [0.1, 0.15) is 0 Å². The molecule has 0 unspecified atom stereocenters. The summed E-state index contributed by atoms with van der Waals surface area (Å²) in [5.74, 6) is 0.0394. The highest BCUT2D eigenvalue weighted by molar-refractivity contribution is 7.88. The molecule has 0 amide bonds. The third-order valence-electron chi connectivity index (χ3n) is 2.75. The number of hydrogen-bond donors (Lipinski definition) is 1. The monoisotopic (exact) mass is 295 g/mol. The van der Waals surface area contributed by atoms with Gasteiger partial charge in [-0.05, 0) is 30.4 Å². The molecule has 2 aromatic rings. The van der Waals surface area contributed by atoms with E-state index in [0.29, 0.717) is 6.54 Å². The van der Waals surface area contributed by atoms with E-state index in [2.05, 4.69) is 4.72 Å². The Labute approximate surface area is 118 Å². The van der Waals surface area contributed by atoms with Gasteiger partial charge in [-0.15, -0.1) is 11.3 Å². The standard InChI is InChI=1S/C14H17NO2S2/c1-12-4-6-13(7-5-12)11-19(16,17)15-9-8-14-3-2-10-18-14/h2-7,10,15H,8-9,11H2,1H3. The summed E-state index contributed by atoms with van der Waals surface area (Å²) in [5.41, 5.74) is 1.95. The van der Waals surface area contributed by atoms with Crippen LogP contribution in [0.3, 0.4) is 0 Å². The zero-order valence-corrected chi connectivity index (χ0v) is 12.4. The Bertz CT molecular complexity index is 601. The van der Waals surface area contributed by atoms with E-state index in [1.807, 2.05) is 48.7 Å². The minimum atomic E-state index is -3.25. The van der Waals surface area contributed by atoms with E-state index in [-0.39, 0.29) is 5.75 Å². The molecule has 0 aliphatic carbocycles. The highest BCUT2D eigenvalue weighted by Gasteiger charge is 2.10. The van der Waals surface area contributed by atoms with Crippen molar-refractivity contribution < 1.29 is 8.42 Å². The van der Waals surface area contributed by atoms with Crippen molar-refractivity contribution in [1.29, 1.82) is 0 Å². The highest BCUT2D eigenvalue weighted by Crippen LogP contribution is 2.09. The van der Waals surface area contributed by atoms with Crippen molar-refractivity contribution in [2.75, 3.05) is 6.54 Å². The molecule has 2 rings (SSSR count). The lowest BCUT2D eigenvalue weighted by Crippen LogP contribution is -2.27. The number of aryl methyl sites for hydroxylation is 1. The summed E-state index contributed by atoms with van der Waals surface area (Å²) in [5, 5.41) is 2.00. The molecule has 0 radical (unpaired) electrons. The van der Waals surface area contributed by atoms with Gasteiger partial charge in [0, 0.05) is 11.4 Å². The minimum Gasteiger partial charge on any atom is -0.215 e. The van der Waals surface area contributed by atoms with Crippen LogP contribution >= 0.6 is 11.3 Å². The van der Waals surface area contributed by atoms with E-state index in [4.69, 9.17) is 0 Å². The summed E-state index contributed by atoms with van der Waals surface area (Å²) in [6, 6.07) is 11.6. The molecule has 0 spiro atoms. The molecule has 1 N–H and O–H groups in total. The second kappa shape index (κ2) is 6.32. The summed E-state index contributed by atoms with van der Waals surface area (Å²) in [4.78, 5) is 1.19. The van der Waals surface area contributed by atoms with E-state index in [9.17, 15) is 8.42 Å². The lowest BCUT2D eigenvalue weighted by atomic mass is 10.2. The molecular weight excluding hydrogens is 278 g/mol. The number of thiophene rings is 1. The molecule has 3 nitrogen and oxygen atoms in total. The molecule has 1 heterocycles. The number of hydrogen-bond acceptors (Lipinski definition) is 3. The largest absolute Gasteiger partial charge is 0.215 e. The second-order valence-electron chi connectivity index (χ2n) is 4.47. The van der Waals surface area contributed by atoms with Crippen molar-refractivity contribution >= 4 is 21.4 Å². The molecule has 1 aromatic heterocycles. The summed E-state index contributed by atoms with van der Waals surface area (Å²) >= 11 is 1.64. The fourth-order valence-electron chi connectivity index (χ4n) is 1.74. The Morgan fingerprint density at radius 2 is 1.89 bits per heavy atom. The lowest BCUT2D eigenvalue weighted by molar-refractivity contribution is 0.581. The third-order valence-corrected chi connectivity index (χ3v) is 5.04. The lowest BCUT2D eigenvalue weighted by Gasteiger charge is -2.06. The van der Waals surface area contributed by atoms with Gasteiger partial charge in [0.05, 0.1) is 5.75 Å². The molecule has 19 heavy (non-hydrogen) atoms. The van der Waals surface area contributed by atoms with Crippen molar-refractivity contribution in [3.05, 3.63) is 57.8 Å². The van der Waals surface area contributed by atoms with Gasteiger partial charge in [-0.2, -0.15) is 0 Å². The first-order chi connectivity index (χ1) is 9.05. The molecule has 102 valence electrons. The Morgan fingerprint density at radius 1 is 1.16 bits per heavy atom. The van der Waals surface area contributed by atoms with Crippen LogP contribution in [0.25, 0.3) is 0 Å². The molecule has 0 saturated heterocycles. The van der Waals surface area contributed by atoms with Crippen LogP contribution in [0.1, 0.15) is 16.0 Å². The van der Waals surface area contributed by atoms with Crippen molar-refractivity contribution in [2.24, 2.45) is 0 Å². The van der Waals surface area contributed by atoms with Crippen molar-refractivity contribution in [3.8, 4) is 0 Å². The van der Waals surface area contributed by atoms with E-state index in [0.717, 1.165) is 17.5 Å². The molecule has 0 aliphatic rings. The molecule has 0 atom stereocenters.